The van der Waals surface area contributed by atoms with Crippen LogP contribution in [0.25, 0.3) is 0 Å². The fourth-order valence-corrected chi connectivity index (χ4v) is 2.10. The fraction of sp³-hybridized carbons (Fsp3) is 0.278. The molecule has 0 spiro atoms. The molecule has 0 saturated carbocycles. The highest BCUT2D eigenvalue weighted by atomic mass is 16.4. The van der Waals surface area contributed by atoms with E-state index < -0.39 is 11.4 Å². The van der Waals surface area contributed by atoms with E-state index in [4.69, 9.17) is 0 Å². The minimum absolute atomic E-state index is 0.0964. The monoisotopic (exact) mass is 312 g/mol. The zero-order chi connectivity index (χ0) is 16.9. The van der Waals surface area contributed by atoms with Gasteiger partial charge in [0.2, 0.25) is 5.91 Å². The molecular formula is C18H20N2O3. The van der Waals surface area contributed by atoms with Crippen molar-refractivity contribution in [2.45, 2.75) is 32.1 Å². The number of anilines is 1. The summed E-state index contributed by atoms with van der Waals surface area (Å²) < 4.78 is 0. The molecule has 2 N–H and O–H groups in total. The highest BCUT2D eigenvalue weighted by Gasteiger charge is 2.29. The van der Waals surface area contributed by atoms with E-state index in [9.17, 15) is 14.7 Å². The second-order valence-corrected chi connectivity index (χ2v) is 5.88. The zero-order valence-electron chi connectivity index (χ0n) is 13.2. The van der Waals surface area contributed by atoms with Crippen molar-refractivity contribution in [2.24, 2.45) is 0 Å². The predicted octanol–water partition coefficient (Wildman–Crippen LogP) is 3.02. The molecule has 0 atom stereocenters. The number of nitrogens with zero attached hydrogens (tertiary/aromatic N) is 1. The van der Waals surface area contributed by atoms with E-state index in [1.165, 1.54) is 0 Å². The maximum atomic E-state index is 11.9. The molecule has 1 aromatic carbocycles. The van der Waals surface area contributed by atoms with E-state index >= 15 is 0 Å². The molecule has 0 unspecified atom stereocenters. The van der Waals surface area contributed by atoms with Crippen LogP contribution in [-0.2, 0) is 21.4 Å². The van der Waals surface area contributed by atoms with Crippen molar-refractivity contribution < 1.29 is 14.7 Å². The molecule has 0 aliphatic rings. The number of aromatic nitrogens is 1. The first kappa shape index (κ1) is 16.7. The lowest BCUT2D eigenvalue weighted by Crippen LogP contribution is -2.28. The van der Waals surface area contributed by atoms with Crippen molar-refractivity contribution in [2.75, 3.05) is 5.32 Å². The number of hydrogen-bond donors (Lipinski definition) is 2. The highest BCUT2D eigenvalue weighted by Crippen LogP contribution is 2.24. The Morgan fingerprint density at radius 1 is 1.13 bits per heavy atom. The van der Waals surface area contributed by atoms with Crippen LogP contribution in [0.3, 0.4) is 0 Å². The lowest BCUT2D eigenvalue weighted by molar-refractivity contribution is -0.142. The molecule has 2 rings (SSSR count). The van der Waals surface area contributed by atoms with Crippen LogP contribution in [0, 0.1) is 0 Å². The van der Waals surface area contributed by atoms with Gasteiger partial charge in [-0.15, -0.1) is 0 Å². The second-order valence-electron chi connectivity index (χ2n) is 5.88. The molecule has 0 saturated heterocycles. The molecule has 120 valence electrons. The summed E-state index contributed by atoms with van der Waals surface area (Å²) in [5.74, 6) is -0.981. The first-order chi connectivity index (χ1) is 10.9. The zero-order valence-corrected chi connectivity index (χ0v) is 13.2. The Hall–Kier alpha value is -2.69. The molecular weight excluding hydrogens is 292 g/mol. The standard InChI is InChI=1S/C18H20N2O3/c1-18(2,17(22)23)13-6-8-15(9-7-13)20-16(21)11-10-14-5-3-4-12-19-14/h3-9,12H,10-11H2,1-2H3,(H,20,21)(H,22,23). The lowest BCUT2D eigenvalue weighted by atomic mass is 9.85. The Balaban J connectivity index is 1.93. The maximum absolute atomic E-state index is 11.9. The van der Waals surface area contributed by atoms with Gasteiger partial charge >= 0.3 is 5.97 Å². The molecule has 0 fully saturated rings. The van der Waals surface area contributed by atoms with Gasteiger partial charge in [0.25, 0.3) is 0 Å². The number of carboxylic acid groups (broad SMARTS) is 1. The van der Waals surface area contributed by atoms with Gasteiger partial charge < -0.3 is 10.4 Å². The number of benzene rings is 1. The Labute approximate surface area is 135 Å². The number of hydrogen-bond acceptors (Lipinski definition) is 3. The van der Waals surface area contributed by atoms with Gasteiger partial charge in [0, 0.05) is 24.0 Å². The number of amides is 1. The van der Waals surface area contributed by atoms with Crippen LogP contribution in [-0.4, -0.2) is 22.0 Å². The van der Waals surface area contributed by atoms with Crippen molar-refractivity contribution in [1.82, 2.24) is 4.98 Å². The minimum atomic E-state index is -0.957. The number of rotatable bonds is 6. The number of carboxylic acids is 1. The molecule has 23 heavy (non-hydrogen) atoms. The van der Waals surface area contributed by atoms with Crippen LogP contribution in [0.1, 0.15) is 31.5 Å². The molecule has 5 heteroatoms. The van der Waals surface area contributed by atoms with Crippen molar-refractivity contribution in [3.63, 3.8) is 0 Å². The topological polar surface area (TPSA) is 79.3 Å². The van der Waals surface area contributed by atoms with Crippen LogP contribution in [0.5, 0.6) is 0 Å². The molecule has 1 heterocycles. The third-order valence-corrected chi connectivity index (χ3v) is 3.76. The SMILES string of the molecule is CC(C)(C(=O)O)c1ccc(NC(=O)CCc2ccccn2)cc1. The number of nitrogens with one attached hydrogen (secondary N) is 1. The quantitative estimate of drug-likeness (QED) is 0.859. The van der Waals surface area contributed by atoms with E-state index in [1.807, 2.05) is 18.2 Å². The van der Waals surface area contributed by atoms with Crippen LogP contribution in [0.15, 0.2) is 48.7 Å². The van der Waals surface area contributed by atoms with E-state index in [2.05, 4.69) is 10.3 Å². The van der Waals surface area contributed by atoms with Crippen LogP contribution in [0.4, 0.5) is 5.69 Å². The van der Waals surface area contributed by atoms with Crippen molar-refractivity contribution in [1.29, 1.82) is 0 Å². The van der Waals surface area contributed by atoms with Crippen LogP contribution >= 0.6 is 0 Å². The van der Waals surface area contributed by atoms with Crippen molar-refractivity contribution in [3.05, 3.63) is 59.9 Å². The summed E-state index contributed by atoms with van der Waals surface area (Å²) in [7, 11) is 0. The fourth-order valence-electron chi connectivity index (χ4n) is 2.10. The minimum Gasteiger partial charge on any atom is -0.481 e. The van der Waals surface area contributed by atoms with E-state index in [-0.39, 0.29) is 5.91 Å². The molecule has 1 aromatic heterocycles. The average Bonchev–Trinajstić information content (AvgIpc) is 2.54. The Morgan fingerprint density at radius 3 is 2.39 bits per heavy atom. The largest absolute Gasteiger partial charge is 0.481 e. The molecule has 0 bridgehead atoms. The van der Waals surface area contributed by atoms with Crippen LogP contribution < -0.4 is 5.32 Å². The summed E-state index contributed by atoms with van der Waals surface area (Å²) in [5, 5.41) is 12.0. The highest BCUT2D eigenvalue weighted by molar-refractivity contribution is 5.91. The number of carbonyl (C=O) groups is 2. The second kappa shape index (κ2) is 7.05. The first-order valence-electron chi connectivity index (χ1n) is 7.43. The third-order valence-electron chi connectivity index (χ3n) is 3.76. The summed E-state index contributed by atoms with van der Waals surface area (Å²) in [6.45, 7) is 3.30. The lowest BCUT2D eigenvalue weighted by Gasteiger charge is -2.19. The summed E-state index contributed by atoms with van der Waals surface area (Å²) >= 11 is 0. The van der Waals surface area contributed by atoms with E-state index in [0.29, 0.717) is 24.1 Å². The molecule has 5 nitrogen and oxygen atoms in total. The van der Waals surface area contributed by atoms with Gasteiger partial charge in [-0.2, -0.15) is 0 Å². The Kier molecular flexibility index (Phi) is 5.11. The smallest absolute Gasteiger partial charge is 0.313 e. The van der Waals surface area contributed by atoms with Gasteiger partial charge in [-0.1, -0.05) is 18.2 Å². The van der Waals surface area contributed by atoms with Gasteiger partial charge in [0.05, 0.1) is 5.41 Å². The summed E-state index contributed by atoms with van der Waals surface area (Å²) in [4.78, 5) is 27.3. The summed E-state index contributed by atoms with van der Waals surface area (Å²) in [6, 6.07) is 12.5. The summed E-state index contributed by atoms with van der Waals surface area (Å²) in [5.41, 5.74) is 1.26. The number of carbonyl (C=O) groups excluding carboxylic acids is 1. The average molecular weight is 312 g/mol. The van der Waals surface area contributed by atoms with E-state index in [0.717, 1.165) is 5.69 Å². The maximum Gasteiger partial charge on any atom is 0.313 e. The molecule has 0 radical (unpaired) electrons. The van der Waals surface area contributed by atoms with Gasteiger partial charge in [0.1, 0.15) is 0 Å². The van der Waals surface area contributed by atoms with E-state index in [1.54, 1.807) is 44.3 Å². The van der Waals surface area contributed by atoms with Crippen LogP contribution in [0.2, 0.25) is 0 Å². The van der Waals surface area contributed by atoms with Gasteiger partial charge in [-0.3, -0.25) is 14.6 Å². The van der Waals surface area contributed by atoms with Gasteiger partial charge in [0.15, 0.2) is 0 Å². The Morgan fingerprint density at radius 2 is 1.83 bits per heavy atom. The first-order valence-corrected chi connectivity index (χ1v) is 7.43. The van der Waals surface area contributed by atoms with Gasteiger partial charge in [-0.25, -0.2) is 0 Å². The number of aryl methyl sites for hydroxylation is 1. The molecule has 1 amide bonds. The molecule has 0 aliphatic heterocycles. The molecule has 0 aliphatic carbocycles. The normalized spacial score (nSPS) is 11.0. The molecule has 2 aromatic rings. The predicted molar refractivity (Wildman–Crippen MR) is 88.3 cm³/mol. The number of pyridine rings is 1. The summed E-state index contributed by atoms with van der Waals surface area (Å²) in [6.07, 6.45) is 2.63. The van der Waals surface area contributed by atoms with Gasteiger partial charge in [-0.05, 0) is 50.1 Å². The van der Waals surface area contributed by atoms with Crippen molar-refractivity contribution >= 4 is 17.6 Å². The van der Waals surface area contributed by atoms with Crippen molar-refractivity contribution in [3.8, 4) is 0 Å². The third kappa shape index (κ3) is 4.39. The number of aliphatic carboxylic acids is 1. The Bertz CT molecular complexity index is 679.